The fourth-order valence-corrected chi connectivity index (χ4v) is 3.44. The van der Waals surface area contributed by atoms with Crippen molar-refractivity contribution in [2.45, 2.75) is 26.8 Å². The van der Waals surface area contributed by atoms with Crippen molar-refractivity contribution in [2.75, 3.05) is 11.5 Å². The Bertz CT molecular complexity index is 435. The zero-order valence-corrected chi connectivity index (χ0v) is 11.3. The van der Waals surface area contributed by atoms with Crippen LogP contribution in [0.15, 0.2) is 24.3 Å². The normalized spacial score (nSPS) is 12.0. The summed E-state index contributed by atoms with van der Waals surface area (Å²) in [6.07, 6.45) is 0.583. The van der Waals surface area contributed by atoms with Gasteiger partial charge in [-0.05, 0) is 23.5 Å². The van der Waals surface area contributed by atoms with Crippen LogP contribution in [0, 0.1) is 5.92 Å². The molecule has 4 heteroatoms. The van der Waals surface area contributed by atoms with Gasteiger partial charge in [-0.3, -0.25) is 0 Å². The number of rotatable bonds is 6. The summed E-state index contributed by atoms with van der Waals surface area (Å²) in [6, 6.07) is 7.80. The van der Waals surface area contributed by atoms with E-state index in [-0.39, 0.29) is 17.4 Å². The van der Waals surface area contributed by atoms with Gasteiger partial charge in [0.1, 0.15) is 0 Å². The van der Waals surface area contributed by atoms with Crippen LogP contribution in [0.5, 0.6) is 0 Å². The van der Waals surface area contributed by atoms with Gasteiger partial charge >= 0.3 is 0 Å². The molecule has 0 saturated carbocycles. The third-order valence-corrected chi connectivity index (χ3v) is 4.55. The molecule has 0 radical (unpaired) electrons. The SMILES string of the molecule is CC(C)CS(=O)(=O)CCc1ccc(CN)cc1. The van der Waals surface area contributed by atoms with Crippen molar-refractivity contribution >= 4 is 9.84 Å². The number of aryl methyl sites for hydroxylation is 1. The van der Waals surface area contributed by atoms with Crippen LogP contribution in [0.3, 0.4) is 0 Å². The maximum absolute atomic E-state index is 11.7. The minimum atomic E-state index is -2.92. The van der Waals surface area contributed by atoms with Crippen LogP contribution in [0.1, 0.15) is 25.0 Å². The molecular formula is C13H21NO2S. The van der Waals surface area contributed by atoms with Crippen LogP contribution in [0.25, 0.3) is 0 Å². The average Bonchev–Trinajstić information content (AvgIpc) is 2.25. The molecule has 2 N–H and O–H groups in total. The molecule has 0 atom stereocenters. The van der Waals surface area contributed by atoms with Crippen molar-refractivity contribution in [1.82, 2.24) is 0 Å². The van der Waals surface area contributed by atoms with Crippen molar-refractivity contribution in [3.8, 4) is 0 Å². The minimum absolute atomic E-state index is 0.194. The number of hydrogen-bond acceptors (Lipinski definition) is 3. The number of benzene rings is 1. The van der Waals surface area contributed by atoms with E-state index in [0.717, 1.165) is 11.1 Å². The molecule has 96 valence electrons. The van der Waals surface area contributed by atoms with E-state index >= 15 is 0 Å². The fourth-order valence-electron chi connectivity index (χ4n) is 1.71. The first-order chi connectivity index (χ1) is 7.93. The zero-order chi connectivity index (χ0) is 12.9. The number of hydrogen-bond donors (Lipinski definition) is 1. The summed E-state index contributed by atoms with van der Waals surface area (Å²) < 4.78 is 23.4. The highest BCUT2D eigenvalue weighted by molar-refractivity contribution is 7.91. The van der Waals surface area contributed by atoms with Gasteiger partial charge in [0.05, 0.1) is 11.5 Å². The quantitative estimate of drug-likeness (QED) is 0.842. The second kappa shape index (κ2) is 6.17. The third-order valence-electron chi connectivity index (χ3n) is 2.55. The topological polar surface area (TPSA) is 60.2 Å². The standard InChI is InChI=1S/C13H21NO2S/c1-11(2)10-17(15,16)8-7-12-3-5-13(9-14)6-4-12/h3-6,11H,7-10,14H2,1-2H3. The molecule has 0 heterocycles. The predicted molar refractivity (Wildman–Crippen MR) is 71.5 cm³/mol. The van der Waals surface area contributed by atoms with Crippen molar-refractivity contribution in [2.24, 2.45) is 11.7 Å². The molecule has 3 nitrogen and oxygen atoms in total. The molecule has 0 spiro atoms. The third kappa shape index (κ3) is 5.33. The van der Waals surface area contributed by atoms with Gasteiger partial charge in [-0.15, -0.1) is 0 Å². The van der Waals surface area contributed by atoms with Gasteiger partial charge in [0.15, 0.2) is 9.84 Å². The Kier molecular flexibility index (Phi) is 5.15. The molecular weight excluding hydrogens is 234 g/mol. The van der Waals surface area contributed by atoms with Crippen molar-refractivity contribution in [1.29, 1.82) is 0 Å². The Labute approximate surface area is 104 Å². The Morgan fingerprint density at radius 2 is 1.65 bits per heavy atom. The molecule has 0 unspecified atom stereocenters. The van der Waals surface area contributed by atoms with Gasteiger partial charge in [0.25, 0.3) is 0 Å². The van der Waals surface area contributed by atoms with Crippen LogP contribution in [-0.4, -0.2) is 19.9 Å². The summed E-state index contributed by atoms with van der Waals surface area (Å²) in [5.74, 6) is 0.695. The first-order valence-electron chi connectivity index (χ1n) is 5.91. The fraction of sp³-hybridized carbons (Fsp3) is 0.538. The zero-order valence-electron chi connectivity index (χ0n) is 10.5. The van der Waals surface area contributed by atoms with Crippen LogP contribution in [-0.2, 0) is 22.8 Å². The Morgan fingerprint density at radius 3 is 2.12 bits per heavy atom. The molecule has 0 saturated heterocycles. The van der Waals surface area contributed by atoms with Gasteiger partial charge in [-0.1, -0.05) is 38.1 Å². The van der Waals surface area contributed by atoms with E-state index in [1.165, 1.54) is 0 Å². The molecule has 0 bridgehead atoms. The highest BCUT2D eigenvalue weighted by atomic mass is 32.2. The largest absolute Gasteiger partial charge is 0.326 e. The average molecular weight is 255 g/mol. The Balaban J connectivity index is 2.55. The van der Waals surface area contributed by atoms with Crippen LogP contribution >= 0.6 is 0 Å². The lowest BCUT2D eigenvalue weighted by molar-refractivity contribution is 0.581. The van der Waals surface area contributed by atoms with E-state index in [2.05, 4.69) is 0 Å². The first-order valence-corrected chi connectivity index (χ1v) is 7.73. The highest BCUT2D eigenvalue weighted by Gasteiger charge is 2.12. The lowest BCUT2D eigenvalue weighted by Gasteiger charge is -2.07. The second-order valence-electron chi connectivity index (χ2n) is 4.78. The molecule has 0 amide bonds. The van der Waals surface area contributed by atoms with Gasteiger partial charge in [0, 0.05) is 6.54 Å². The Hall–Kier alpha value is -0.870. The predicted octanol–water partition coefficient (Wildman–Crippen LogP) is 1.76. The van der Waals surface area contributed by atoms with Gasteiger partial charge in [0.2, 0.25) is 0 Å². The molecule has 17 heavy (non-hydrogen) atoms. The summed E-state index contributed by atoms with van der Waals surface area (Å²) in [5.41, 5.74) is 7.62. The molecule has 0 aliphatic carbocycles. The van der Waals surface area contributed by atoms with Crippen molar-refractivity contribution in [3.05, 3.63) is 35.4 Å². The monoisotopic (exact) mass is 255 g/mol. The van der Waals surface area contributed by atoms with E-state index in [1.54, 1.807) is 0 Å². The highest BCUT2D eigenvalue weighted by Crippen LogP contribution is 2.08. The molecule has 0 aliphatic heterocycles. The lowest BCUT2D eigenvalue weighted by Crippen LogP contribution is -2.16. The molecule has 0 fully saturated rings. The smallest absolute Gasteiger partial charge is 0.150 e. The van der Waals surface area contributed by atoms with Crippen LogP contribution in [0.4, 0.5) is 0 Å². The summed E-state index contributed by atoms with van der Waals surface area (Å²) in [5, 5.41) is 0. The molecule has 1 rings (SSSR count). The lowest BCUT2D eigenvalue weighted by atomic mass is 10.1. The molecule has 0 aromatic heterocycles. The molecule has 0 aliphatic rings. The first kappa shape index (κ1) is 14.2. The van der Waals surface area contributed by atoms with Crippen LogP contribution in [0.2, 0.25) is 0 Å². The number of nitrogens with two attached hydrogens (primary N) is 1. The van der Waals surface area contributed by atoms with E-state index in [9.17, 15) is 8.42 Å². The molecule has 1 aromatic carbocycles. The van der Waals surface area contributed by atoms with Crippen molar-refractivity contribution < 1.29 is 8.42 Å². The maximum Gasteiger partial charge on any atom is 0.150 e. The summed E-state index contributed by atoms with van der Waals surface area (Å²) in [7, 11) is -2.92. The summed E-state index contributed by atoms with van der Waals surface area (Å²) >= 11 is 0. The van der Waals surface area contributed by atoms with Gasteiger partial charge in [-0.2, -0.15) is 0 Å². The van der Waals surface area contributed by atoms with Crippen LogP contribution < -0.4 is 5.73 Å². The molecule has 1 aromatic rings. The summed E-state index contributed by atoms with van der Waals surface area (Å²) in [6.45, 7) is 4.37. The second-order valence-corrected chi connectivity index (χ2v) is 7.01. The van der Waals surface area contributed by atoms with E-state index in [1.807, 2.05) is 38.1 Å². The van der Waals surface area contributed by atoms with Gasteiger partial charge in [-0.25, -0.2) is 8.42 Å². The Morgan fingerprint density at radius 1 is 1.12 bits per heavy atom. The maximum atomic E-state index is 11.7. The number of sulfone groups is 1. The minimum Gasteiger partial charge on any atom is -0.326 e. The van der Waals surface area contributed by atoms with E-state index in [4.69, 9.17) is 5.73 Å². The van der Waals surface area contributed by atoms with E-state index in [0.29, 0.717) is 13.0 Å². The van der Waals surface area contributed by atoms with Crippen molar-refractivity contribution in [3.63, 3.8) is 0 Å². The van der Waals surface area contributed by atoms with E-state index < -0.39 is 9.84 Å². The summed E-state index contributed by atoms with van der Waals surface area (Å²) in [4.78, 5) is 0. The van der Waals surface area contributed by atoms with Gasteiger partial charge < -0.3 is 5.73 Å².